The van der Waals surface area contributed by atoms with Crippen molar-refractivity contribution in [1.82, 2.24) is 10.2 Å². The number of likely N-dealkylation sites (tertiary alicyclic amines) is 1. The maximum atomic E-state index is 12.3. The Morgan fingerprint density at radius 3 is 2.54 bits per heavy atom. The molecule has 0 radical (unpaired) electrons. The van der Waals surface area contributed by atoms with Crippen LogP contribution in [0.4, 0.5) is 10.5 Å². The van der Waals surface area contributed by atoms with E-state index in [1.165, 1.54) is 12.8 Å². The van der Waals surface area contributed by atoms with Crippen LogP contribution in [0, 0.1) is 0 Å². The van der Waals surface area contributed by atoms with Crippen molar-refractivity contribution < 1.29 is 9.53 Å². The maximum Gasteiger partial charge on any atom is 0.319 e. The molecule has 6 heteroatoms. The highest BCUT2D eigenvalue weighted by Gasteiger charge is 2.26. The Bertz CT molecular complexity index is 730. The monoisotopic (exact) mass is 373 g/mol. The highest BCUT2D eigenvalue weighted by Crippen LogP contribution is 2.31. The number of urea groups is 1. The Morgan fingerprint density at radius 1 is 1.15 bits per heavy atom. The summed E-state index contributed by atoms with van der Waals surface area (Å²) in [5, 5.41) is 6.47. The van der Waals surface area contributed by atoms with Gasteiger partial charge in [0, 0.05) is 22.8 Å². The van der Waals surface area contributed by atoms with E-state index < -0.39 is 0 Å². The van der Waals surface area contributed by atoms with Crippen LogP contribution in [0.1, 0.15) is 24.4 Å². The van der Waals surface area contributed by atoms with Gasteiger partial charge in [0.15, 0.2) is 0 Å². The van der Waals surface area contributed by atoms with Crippen molar-refractivity contribution >= 4 is 23.3 Å². The number of nitrogens with zero attached hydrogens (tertiary/aromatic N) is 1. The van der Waals surface area contributed by atoms with Gasteiger partial charge in [0.25, 0.3) is 0 Å². The predicted molar refractivity (Wildman–Crippen MR) is 105 cm³/mol. The topological polar surface area (TPSA) is 53.6 Å². The molecule has 1 atom stereocenters. The minimum atomic E-state index is -0.230. The van der Waals surface area contributed by atoms with E-state index in [9.17, 15) is 4.79 Å². The molecule has 5 nitrogen and oxygen atoms in total. The Balaban J connectivity index is 1.67. The number of carbonyl (C=O) groups excluding carboxylic acids is 1. The van der Waals surface area contributed by atoms with Crippen molar-refractivity contribution in [3.05, 3.63) is 59.1 Å². The standard InChI is InChI=1S/C20H24ClN3O2/c1-26-19-7-3-2-6-17(19)18(24-12-4-5-13-24)14-22-20(25)23-16-10-8-15(21)9-11-16/h2-3,6-11,18H,4-5,12-14H2,1H3,(H2,22,23,25)/t18-/m0/s1. The van der Waals surface area contributed by atoms with Crippen LogP contribution >= 0.6 is 11.6 Å². The lowest BCUT2D eigenvalue weighted by Gasteiger charge is -2.29. The average Bonchev–Trinajstić information content (AvgIpc) is 3.18. The highest BCUT2D eigenvalue weighted by molar-refractivity contribution is 6.30. The van der Waals surface area contributed by atoms with Gasteiger partial charge in [-0.05, 0) is 56.3 Å². The molecule has 2 aromatic rings. The molecule has 0 unspecified atom stereocenters. The maximum absolute atomic E-state index is 12.3. The van der Waals surface area contributed by atoms with Crippen LogP contribution in [0.25, 0.3) is 0 Å². The summed E-state index contributed by atoms with van der Waals surface area (Å²) in [6.45, 7) is 2.58. The van der Waals surface area contributed by atoms with Gasteiger partial charge in [-0.25, -0.2) is 4.79 Å². The number of hydrogen-bond donors (Lipinski definition) is 2. The van der Waals surface area contributed by atoms with E-state index >= 15 is 0 Å². The summed E-state index contributed by atoms with van der Waals surface area (Å²) in [7, 11) is 1.68. The predicted octanol–water partition coefficient (Wildman–Crippen LogP) is 4.31. The van der Waals surface area contributed by atoms with E-state index in [1.54, 1.807) is 31.4 Å². The van der Waals surface area contributed by atoms with Crippen LogP contribution in [0.5, 0.6) is 5.75 Å². The summed E-state index contributed by atoms with van der Waals surface area (Å²) < 4.78 is 5.53. The fourth-order valence-corrected chi connectivity index (χ4v) is 3.45. The van der Waals surface area contributed by atoms with Crippen molar-refractivity contribution in [2.45, 2.75) is 18.9 Å². The van der Waals surface area contributed by atoms with Crippen molar-refractivity contribution in [2.75, 3.05) is 32.1 Å². The minimum Gasteiger partial charge on any atom is -0.496 e. The summed E-state index contributed by atoms with van der Waals surface area (Å²) in [6, 6.07) is 14.9. The summed E-state index contributed by atoms with van der Waals surface area (Å²) in [5.41, 5.74) is 1.81. The van der Waals surface area contributed by atoms with Crippen LogP contribution < -0.4 is 15.4 Å². The first-order valence-electron chi connectivity index (χ1n) is 8.85. The molecule has 1 aliphatic heterocycles. The normalized spacial score (nSPS) is 15.5. The van der Waals surface area contributed by atoms with Gasteiger partial charge in [-0.3, -0.25) is 4.90 Å². The van der Waals surface area contributed by atoms with Gasteiger partial charge in [0.2, 0.25) is 0 Å². The number of amides is 2. The molecule has 2 aromatic carbocycles. The molecule has 26 heavy (non-hydrogen) atoms. The number of benzene rings is 2. The van der Waals surface area contributed by atoms with Crippen LogP contribution in [0.15, 0.2) is 48.5 Å². The van der Waals surface area contributed by atoms with E-state index in [2.05, 4.69) is 21.6 Å². The third-order valence-corrected chi connectivity index (χ3v) is 4.89. The third-order valence-electron chi connectivity index (χ3n) is 4.64. The molecule has 0 aliphatic carbocycles. The molecule has 0 aromatic heterocycles. The van der Waals surface area contributed by atoms with Gasteiger partial charge in [0.1, 0.15) is 5.75 Å². The smallest absolute Gasteiger partial charge is 0.319 e. The lowest BCUT2D eigenvalue weighted by molar-refractivity contribution is 0.224. The number of para-hydroxylation sites is 1. The second kappa shape index (κ2) is 8.92. The highest BCUT2D eigenvalue weighted by atomic mass is 35.5. The minimum absolute atomic E-state index is 0.0876. The summed E-state index contributed by atoms with van der Waals surface area (Å²) in [5.74, 6) is 0.851. The SMILES string of the molecule is COc1ccccc1[C@H](CNC(=O)Nc1ccc(Cl)cc1)N1CCCC1. The van der Waals surface area contributed by atoms with Crippen molar-refractivity contribution in [3.8, 4) is 5.75 Å². The molecule has 1 heterocycles. The number of rotatable bonds is 6. The summed E-state index contributed by atoms with van der Waals surface area (Å²) >= 11 is 5.87. The number of carbonyl (C=O) groups is 1. The molecule has 0 bridgehead atoms. The van der Waals surface area contributed by atoms with Gasteiger partial charge in [-0.15, -0.1) is 0 Å². The molecular weight excluding hydrogens is 350 g/mol. The van der Waals surface area contributed by atoms with E-state index in [4.69, 9.17) is 16.3 Å². The molecule has 2 amide bonds. The first-order valence-corrected chi connectivity index (χ1v) is 9.22. The molecule has 1 fully saturated rings. The van der Waals surface area contributed by atoms with E-state index in [0.29, 0.717) is 17.3 Å². The summed E-state index contributed by atoms with van der Waals surface area (Å²) in [4.78, 5) is 14.7. The fourth-order valence-electron chi connectivity index (χ4n) is 3.33. The molecule has 3 rings (SSSR count). The van der Waals surface area contributed by atoms with Crippen molar-refractivity contribution in [3.63, 3.8) is 0 Å². The van der Waals surface area contributed by atoms with E-state index in [-0.39, 0.29) is 12.1 Å². The molecule has 138 valence electrons. The average molecular weight is 374 g/mol. The van der Waals surface area contributed by atoms with Crippen LogP contribution in [-0.2, 0) is 0 Å². The van der Waals surface area contributed by atoms with E-state index in [1.807, 2.05) is 18.2 Å². The number of ether oxygens (including phenoxy) is 1. The van der Waals surface area contributed by atoms with Crippen molar-refractivity contribution in [2.24, 2.45) is 0 Å². The van der Waals surface area contributed by atoms with Crippen LogP contribution in [0.2, 0.25) is 5.02 Å². The summed E-state index contributed by atoms with van der Waals surface area (Å²) in [6.07, 6.45) is 2.37. The Morgan fingerprint density at radius 2 is 1.85 bits per heavy atom. The molecule has 1 saturated heterocycles. The molecule has 1 aliphatic rings. The largest absolute Gasteiger partial charge is 0.496 e. The van der Waals surface area contributed by atoms with E-state index in [0.717, 1.165) is 24.4 Å². The number of anilines is 1. The zero-order valence-corrected chi connectivity index (χ0v) is 15.6. The number of methoxy groups -OCH3 is 1. The molecule has 2 N–H and O–H groups in total. The Hall–Kier alpha value is -2.24. The second-order valence-corrected chi connectivity index (χ2v) is 6.78. The van der Waals surface area contributed by atoms with Gasteiger partial charge < -0.3 is 15.4 Å². The zero-order valence-electron chi connectivity index (χ0n) is 14.9. The zero-order chi connectivity index (χ0) is 18.4. The van der Waals surface area contributed by atoms with Gasteiger partial charge in [0.05, 0.1) is 13.2 Å². The van der Waals surface area contributed by atoms with Gasteiger partial charge >= 0.3 is 6.03 Å². The van der Waals surface area contributed by atoms with Crippen LogP contribution in [0.3, 0.4) is 0 Å². The number of nitrogens with one attached hydrogen (secondary N) is 2. The fraction of sp³-hybridized carbons (Fsp3) is 0.350. The molecule has 0 spiro atoms. The first-order chi connectivity index (χ1) is 12.7. The third kappa shape index (κ3) is 4.68. The quantitative estimate of drug-likeness (QED) is 0.793. The van der Waals surface area contributed by atoms with Crippen LogP contribution in [-0.4, -0.2) is 37.7 Å². The lowest BCUT2D eigenvalue weighted by Crippen LogP contribution is -2.38. The Labute approximate surface area is 159 Å². The van der Waals surface area contributed by atoms with Gasteiger partial charge in [-0.1, -0.05) is 29.8 Å². The lowest BCUT2D eigenvalue weighted by atomic mass is 10.0. The first kappa shape index (κ1) is 18.5. The number of hydrogen-bond acceptors (Lipinski definition) is 3. The molecular formula is C20H24ClN3O2. The Kier molecular flexibility index (Phi) is 6.36. The number of halogens is 1. The van der Waals surface area contributed by atoms with Crippen molar-refractivity contribution in [1.29, 1.82) is 0 Å². The molecule has 0 saturated carbocycles. The van der Waals surface area contributed by atoms with Gasteiger partial charge in [-0.2, -0.15) is 0 Å². The second-order valence-electron chi connectivity index (χ2n) is 6.34.